The van der Waals surface area contributed by atoms with Gasteiger partial charge in [0.1, 0.15) is 0 Å². The zero-order valence-electron chi connectivity index (χ0n) is 8.70. The normalized spacial score (nSPS) is 49.2. The van der Waals surface area contributed by atoms with Crippen molar-refractivity contribution in [1.82, 2.24) is 0 Å². The first-order valence-electron chi connectivity index (χ1n) is 4.76. The maximum atomic E-state index is 5.71. The molecular formula is C10H20O2. The topological polar surface area (TPSA) is 18.5 Å². The third kappa shape index (κ3) is 1.64. The Bertz CT molecular complexity index is 142. The minimum absolute atomic E-state index is 0.00815. The molecule has 0 spiro atoms. The molecule has 0 aliphatic carbocycles. The molecule has 0 amide bonds. The van der Waals surface area contributed by atoms with Crippen molar-refractivity contribution < 1.29 is 9.47 Å². The van der Waals surface area contributed by atoms with Gasteiger partial charge in [0.15, 0.2) is 6.29 Å². The van der Waals surface area contributed by atoms with Crippen LogP contribution in [0.1, 0.15) is 27.7 Å². The smallest absolute Gasteiger partial charge is 0.160 e. The highest BCUT2D eigenvalue weighted by Crippen LogP contribution is 2.34. The fraction of sp³-hybridized carbons (Fsp3) is 1.00. The summed E-state index contributed by atoms with van der Waals surface area (Å²) < 4.78 is 11.0. The van der Waals surface area contributed by atoms with E-state index in [1.165, 1.54) is 0 Å². The Labute approximate surface area is 75.2 Å². The van der Waals surface area contributed by atoms with E-state index in [9.17, 15) is 0 Å². The van der Waals surface area contributed by atoms with Crippen molar-refractivity contribution in [3.63, 3.8) is 0 Å². The molecular weight excluding hydrogens is 152 g/mol. The maximum Gasteiger partial charge on any atom is 0.160 e. The van der Waals surface area contributed by atoms with E-state index in [1.807, 2.05) is 0 Å². The van der Waals surface area contributed by atoms with Gasteiger partial charge in [0, 0.05) is 13.0 Å². The van der Waals surface area contributed by atoms with E-state index >= 15 is 0 Å². The summed E-state index contributed by atoms with van der Waals surface area (Å²) in [6.07, 6.45) is 0.312. The SMILES string of the molecule is CO[C@@H]1O[C@@H](C)[C@@H](C)[C@@H](C)[C@H]1C. The molecule has 5 atom stereocenters. The van der Waals surface area contributed by atoms with Crippen LogP contribution >= 0.6 is 0 Å². The van der Waals surface area contributed by atoms with E-state index < -0.39 is 0 Å². The van der Waals surface area contributed by atoms with Crippen LogP contribution in [0.15, 0.2) is 0 Å². The van der Waals surface area contributed by atoms with E-state index in [0.717, 1.165) is 0 Å². The Kier molecular flexibility index (Phi) is 3.13. The predicted molar refractivity (Wildman–Crippen MR) is 48.8 cm³/mol. The van der Waals surface area contributed by atoms with Gasteiger partial charge in [-0.1, -0.05) is 20.8 Å². The monoisotopic (exact) mass is 172 g/mol. The molecule has 2 nitrogen and oxygen atoms in total. The van der Waals surface area contributed by atoms with Crippen LogP contribution in [-0.4, -0.2) is 19.5 Å². The van der Waals surface area contributed by atoms with Crippen molar-refractivity contribution in [2.45, 2.75) is 40.1 Å². The van der Waals surface area contributed by atoms with Gasteiger partial charge >= 0.3 is 0 Å². The van der Waals surface area contributed by atoms with Crippen molar-refractivity contribution in [1.29, 1.82) is 0 Å². The number of methoxy groups -OCH3 is 1. The summed E-state index contributed by atoms with van der Waals surface area (Å²) in [4.78, 5) is 0. The summed E-state index contributed by atoms with van der Waals surface area (Å²) in [5.74, 6) is 1.81. The first-order valence-corrected chi connectivity index (χ1v) is 4.76. The van der Waals surface area contributed by atoms with Crippen molar-refractivity contribution in [2.75, 3.05) is 7.11 Å². The molecule has 1 fully saturated rings. The summed E-state index contributed by atoms with van der Waals surface area (Å²) >= 11 is 0. The minimum Gasteiger partial charge on any atom is -0.356 e. The van der Waals surface area contributed by atoms with Crippen molar-refractivity contribution in [2.24, 2.45) is 17.8 Å². The van der Waals surface area contributed by atoms with Gasteiger partial charge in [0.05, 0.1) is 6.10 Å². The molecule has 12 heavy (non-hydrogen) atoms. The summed E-state index contributed by atoms with van der Waals surface area (Å²) in [6, 6.07) is 0. The van der Waals surface area contributed by atoms with Crippen molar-refractivity contribution in [3.8, 4) is 0 Å². The van der Waals surface area contributed by atoms with Gasteiger partial charge in [-0.05, 0) is 18.8 Å². The number of hydrogen-bond acceptors (Lipinski definition) is 2. The lowest BCUT2D eigenvalue weighted by molar-refractivity contribution is -0.232. The average Bonchev–Trinajstić information content (AvgIpc) is 2.08. The Morgan fingerprint density at radius 3 is 2.00 bits per heavy atom. The molecule has 0 bridgehead atoms. The molecule has 72 valence electrons. The lowest BCUT2D eigenvalue weighted by atomic mass is 9.79. The van der Waals surface area contributed by atoms with Crippen LogP contribution in [0, 0.1) is 17.8 Å². The molecule has 0 radical (unpaired) electrons. The number of rotatable bonds is 1. The van der Waals surface area contributed by atoms with Gasteiger partial charge in [-0.2, -0.15) is 0 Å². The van der Waals surface area contributed by atoms with E-state index in [-0.39, 0.29) is 6.29 Å². The third-order valence-electron chi connectivity index (χ3n) is 3.41. The van der Waals surface area contributed by atoms with Crippen LogP contribution in [0.3, 0.4) is 0 Å². The van der Waals surface area contributed by atoms with Crippen LogP contribution in [0.5, 0.6) is 0 Å². The first kappa shape index (κ1) is 10.0. The molecule has 1 aliphatic heterocycles. The predicted octanol–water partition coefficient (Wildman–Crippen LogP) is 2.29. The summed E-state index contributed by atoms with van der Waals surface area (Å²) in [5, 5.41) is 0. The molecule has 0 unspecified atom stereocenters. The molecule has 2 heteroatoms. The molecule has 1 saturated heterocycles. The maximum absolute atomic E-state index is 5.71. The van der Waals surface area contributed by atoms with Gasteiger partial charge in [0.2, 0.25) is 0 Å². The summed E-state index contributed by atoms with van der Waals surface area (Å²) in [6.45, 7) is 8.85. The van der Waals surface area contributed by atoms with E-state index in [2.05, 4.69) is 27.7 Å². The fourth-order valence-corrected chi connectivity index (χ4v) is 1.88. The molecule has 1 rings (SSSR count). The zero-order valence-corrected chi connectivity index (χ0v) is 8.70. The Morgan fingerprint density at radius 2 is 1.50 bits per heavy atom. The molecule has 1 heterocycles. The van der Waals surface area contributed by atoms with Gasteiger partial charge in [-0.3, -0.25) is 0 Å². The van der Waals surface area contributed by atoms with Crippen molar-refractivity contribution >= 4 is 0 Å². The van der Waals surface area contributed by atoms with Gasteiger partial charge < -0.3 is 9.47 Å². The molecule has 1 aliphatic rings. The number of hydrogen-bond donors (Lipinski definition) is 0. The van der Waals surface area contributed by atoms with Gasteiger partial charge in [0.25, 0.3) is 0 Å². The van der Waals surface area contributed by atoms with E-state index in [4.69, 9.17) is 9.47 Å². The summed E-state index contributed by atoms with van der Waals surface area (Å²) in [5.41, 5.74) is 0. The standard InChI is InChI=1S/C10H20O2/c1-6-7(2)9(4)12-10(11-5)8(6)3/h6-10H,1-5H3/t6-,7+,8-,9+,10-/m1/s1. The highest BCUT2D eigenvalue weighted by atomic mass is 16.7. The molecule has 0 saturated carbocycles. The summed E-state index contributed by atoms with van der Waals surface area (Å²) in [7, 11) is 1.72. The highest BCUT2D eigenvalue weighted by molar-refractivity contribution is 4.80. The van der Waals surface area contributed by atoms with Crippen LogP contribution in [0.2, 0.25) is 0 Å². The Hall–Kier alpha value is -0.0800. The number of ether oxygens (including phenoxy) is 2. The largest absolute Gasteiger partial charge is 0.356 e. The minimum atomic E-state index is -0.00815. The molecule has 0 N–H and O–H groups in total. The fourth-order valence-electron chi connectivity index (χ4n) is 1.88. The lowest BCUT2D eigenvalue weighted by Crippen LogP contribution is -2.44. The Morgan fingerprint density at radius 1 is 0.917 bits per heavy atom. The zero-order chi connectivity index (χ0) is 9.30. The molecule has 0 aromatic rings. The third-order valence-corrected chi connectivity index (χ3v) is 3.41. The van der Waals surface area contributed by atoms with Crippen LogP contribution in [0.25, 0.3) is 0 Å². The highest BCUT2D eigenvalue weighted by Gasteiger charge is 2.36. The lowest BCUT2D eigenvalue weighted by Gasteiger charge is -2.41. The Balaban J connectivity index is 2.63. The molecule has 0 aromatic heterocycles. The molecule has 0 aromatic carbocycles. The second-order valence-electron chi connectivity index (χ2n) is 4.02. The first-order chi connectivity index (χ1) is 5.57. The van der Waals surface area contributed by atoms with Gasteiger partial charge in [-0.25, -0.2) is 0 Å². The van der Waals surface area contributed by atoms with Gasteiger partial charge in [-0.15, -0.1) is 0 Å². The second-order valence-corrected chi connectivity index (χ2v) is 4.02. The van der Waals surface area contributed by atoms with Crippen LogP contribution in [0.4, 0.5) is 0 Å². The van der Waals surface area contributed by atoms with E-state index in [0.29, 0.717) is 23.9 Å². The van der Waals surface area contributed by atoms with Crippen molar-refractivity contribution in [3.05, 3.63) is 0 Å². The second kappa shape index (κ2) is 3.75. The van der Waals surface area contributed by atoms with Crippen LogP contribution in [-0.2, 0) is 9.47 Å². The quantitative estimate of drug-likeness (QED) is 0.604. The average molecular weight is 172 g/mol. The van der Waals surface area contributed by atoms with E-state index in [1.54, 1.807) is 7.11 Å². The van der Waals surface area contributed by atoms with Crippen LogP contribution < -0.4 is 0 Å².